The summed E-state index contributed by atoms with van der Waals surface area (Å²) in [5.41, 5.74) is 0.486. The highest BCUT2D eigenvalue weighted by Crippen LogP contribution is 2.32. The van der Waals surface area contributed by atoms with Crippen LogP contribution in [0, 0.1) is 0 Å². The van der Waals surface area contributed by atoms with E-state index in [1.807, 2.05) is 6.07 Å². The molecule has 1 N–H and O–H groups in total. The van der Waals surface area contributed by atoms with Gasteiger partial charge in [-0.15, -0.1) is 10.2 Å². The molecule has 0 atom stereocenters. The van der Waals surface area contributed by atoms with Gasteiger partial charge in [0.1, 0.15) is 0 Å². The van der Waals surface area contributed by atoms with Crippen LogP contribution in [0.2, 0.25) is 0 Å². The summed E-state index contributed by atoms with van der Waals surface area (Å²) in [5, 5.41) is 11.0. The second-order valence-corrected chi connectivity index (χ2v) is 5.49. The molecule has 4 rings (SSSR count). The summed E-state index contributed by atoms with van der Waals surface area (Å²) in [5.74, 6) is 2.25. The minimum absolute atomic E-state index is 0.184. The van der Waals surface area contributed by atoms with Crippen molar-refractivity contribution in [2.24, 2.45) is 0 Å². The first-order chi connectivity index (χ1) is 11.3. The smallest absolute Gasteiger partial charge is 0.257 e. The van der Waals surface area contributed by atoms with Gasteiger partial charge >= 0.3 is 0 Å². The Morgan fingerprint density at radius 3 is 2.65 bits per heavy atom. The second-order valence-electron chi connectivity index (χ2n) is 5.49. The summed E-state index contributed by atoms with van der Waals surface area (Å²) in [6.07, 6.45) is 2.37. The first-order valence-corrected chi connectivity index (χ1v) is 7.59. The summed E-state index contributed by atoms with van der Waals surface area (Å²) in [4.78, 5) is 14.5. The minimum Gasteiger partial charge on any atom is -0.454 e. The van der Waals surface area contributed by atoms with E-state index in [1.54, 1.807) is 24.3 Å². The van der Waals surface area contributed by atoms with Crippen LogP contribution in [-0.2, 0) is 0 Å². The van der Waals surface area contributed by atoms with Crippen LogP contribution < -0.4 is 19.7 Å². The predicted octanol–water partition coefficient (Wildman–Crippen LogP) is 2.06. The Morgan fingerprint density at radius 2 is 1.87 bits per heavy atom. The topological polar surface area (TPSA) is 76.6 Å². The molecule has 1 aromatic heterocycles. The van der Waals surface area contributed by atoms with Gasteiger partial charge in [-0.2, -0.15) is 0 Å². The molecule has 0 unspecified atom stereocenters. The maximum absolute atomic E-state index is 12.3. The number of hydrogen-bond donors (Lipinski definition) is 1. The number of carbonyl (C=O) groups is 1. The van der Waals surface area contributed by atoms with Crippen molar-refractivity contribution in [1.29, 1.82) is 0 Å². The number of carbonyl (C=O) groups excluding carboxylic acids is 1. The average molecular weight is 312 g/mol. The Balaban J connectivity index is 1.46. The molecular weight excluding hydrogens is 296 g/mol. The number of hydrogen-bond acceptors (Lipinski definition) is 6. The largest absolute Gasteiger partial charge is 0.454 e. The number of fused-ring (bicyclic) bond motifs is 1. The van der Waals surface area contributed by atoms with Gasteiger partial charge in [-0.25, -0.2) is 0 Å². The molecule has 1 saturated heterocycles. The zero-order chi connectivity index (χ0) is 15.6. The van der Waals surface area contributed by atoms with Crippen LogP contribution in [0.15, 0.2) is 30.3 Å². The van der Waals surface area contributed by atoms with Gasteiger partial charge in [0.25, 0.3) is 5.91 Å². The molecule has 0 saturated carbocycles. The Bertz CT molecular complexity index is 727. The molecule has 2 aliphatic rings. The standard InChI is InChI=1S/C16H16N4O3/c21-16(11-3-4-12-13(9-11)23-10-22-12)17-14-5-6-15(19-18-14)20-7-1-2-8-20/h3-6,9H,1-2,7-8,10H2,(H,17,18,21). The quantitative estimate of drug-likeness (QED) is 0.935. The molecule has 7 nitrogen and oxygen atoms in total. The predicted molar refractivity (Wildman–Crippen MR) is 84.0 cm³/mol. The number of anilines is 2. The Hall–Kier alpha value is -2.83. The molecule has 0 spiro atoms. The highest BCUT2D eigenvalue weighted by molar-refractivity contribution is 6.04. The van der Waals surface area contributed by atoms with E-state index in [1.165, 1.54) is 12.8 Å². The molecule has 1 aromatic carbocycles. The van der Waals surface area contributed by atoms with E-state index in [0.717, 1.165) is 18.9 Å². The number of nitrogens with zero attached hydrogens (tertiary/aromatic N) is 3. The van der Waals surface area contributed by atoms with E-state index in [2.05, 4.69) is 20.4 Å². The van der Waals surface area contributed by atoms with E-state index < -0.39 is 0 Å². The molecule has 1 fully saturated rings. The van der Waals surface area contributed by atoms with Gasteiger partial charge in [-0.05, 0) is 43.2 Å². The van der Waals surface area contributed by atoms with Crippen LogP contribution in [0.25, 0.3) is 0 Å². The minimum atomic E-state index is -0.258. The van der Waals surface area contributed by atoms with Crippen molar-refractivity contribution in [2.75, 3.05) is 30.1 Å². The lowest BCUT2D eigenvalue weighted by Gasteiger charge is -2.15. The van der Waals surface area contributed by atoms with Crippen molar-refractivity contribution < 1.29 is 14.3 Å². The summed E-state index contributed by atoms with van der Waals surface area (Å²) >= 11 is 0. The maximum atomic E-state index is 12.3. The first kappa shape index (κ1) is 13.8. The van der Waals surface area contributed by atoms with E-state index in [-0.39, 0.29) is 12.7 Å². The summed E-state index contributed by atoms with van der Waals surface area (Å²) in [6.45, 7) is 2.21. The molecule has 2 aliphatic heterocycles. The molecule has 23 heavy (non-hydrogen) atoms. The Morgan fingerprint density at radius 1 is 1.04 bits per heavy atom. The van der Waals surface area contributed by atoms with Crippen molar-refractivity contribution in [1.82, 2.24) is 10.2 Å². The fourth-order valence-electron chi connectivity index (χ4n) is 2.73. The number of ether oxygens (including phenoxy) is 2. The highest BCUT2D eigenvalue weighted by atomic mass is 16.7. The van der Waals surface area contributed by atoms with E-state index in [4.69, 9.17) is 9.47 Å². The van der Waals surface area contributed by atoms with Crippen molar-refractivity contribution in [2.45, 2.75) is 12.8 Å². The lowest BCUT2D eigenvalue weighted by Crippen LogP contribution is -2.20. The average Bonchev–Trinajstić information content (AvgIpc) is 3.26. The molecule has 118 valence electrons. The molecular formula is C16H16N4O3. The third-order valence-corrected chi connectivity index (χ3v) is 3.96. The number of amides is 1. The van der Waals surface area contributed by atoms with E-state index >= 15 is 0 Å². The van der Waals surface area contributed by atoms with Crippen LogP contribution in [0.1, 0.15) is 23.2 Å². The zero-order valence-electron chi connectivity index (χ0n) is 12.5. The summed E-state index contributed by atoms with van der Waals surface area (Å²) in [7, 11) is 0. The maximum Gasteiger partial charge on any atom is 0.257 e. The monoisotopic (exact) mass is 312 g/mol. The van der Waals surface area contributed by atoms with Crippen LogP contribution in [-0.4, -0.2) is 36.0 Å². The molecule has 7 heteroatoms. The Labute approximate surface area is 133 Å². The molecule has 0 aliphatic carbocycles. The molecule has 0 radical (unpaired) electrons. The summed E-state index contributed by atoms with van der Waals surface area (Å²) in [6, 6.07) is 8.72. The van der Waals surface area contributed by atoms with Gasteiger partial charge in [-0.1, -0.05) is 0 Å². The lowest BCUT2D eigenvalue weighted by atomic mass is 10.2. The molecule has 1 amide bonds. The third kappa shape index (κ3) is 2.77. The van der Waals surface area contributed by atoms with Gasteiger partial charge in [0, 0.05) is 18.7 Å². The number of aromatic nitrogens is 2. The van der Waals surface area contributed by atoms with Crippen molar-refractivity contribution in [3.05, 3.63) is 35.9 Å². The summed E-state index contributed by atoms with van der Waals surface area (Å²) < 4.78 is 10.5. The van der Waals surface area contributed by atoms with Crippen LogP contribution >= 0.6 is 0 Å². The van der Waals surface area contributed by atoms with Crippen molar-refractivity contribution in [3.63, 3.8) is 0 Å². The molecule has 0 bridgehead atoms. The number of nitrogens with one attached hydrogen (secondary N) is 1. The highest BCUT2D eigenvalue weighted by Gasteiger charge is 2.17. The third-order valence-electron chi connectivity index (χ3n) is 3.96. The van der Waals surface area contributed by atoms with Gasteiger partial charge in [0.2, 0.25) is 6.79 Å². The number of benzene rings is 1. The molecule has 2 aromatic rings. The van der Waals surface area contributed by atoms with Crippen molar-refractivity contribution >= 4 is 17.5 Å². The lowest BCUT2D eigenvalue weighted by molar-refractivity contribution is 0.102. The van der Waals surface area contributed by atoms with Crippen molar-refractivity contribution in [3.8, 4) is 11.5 Å². The SMILES string of the molecule is O=C(Nc1ccc(N2CCCC2)nn1)c1ccc2c(c1)OCO2. The fourth-order valence-corrected chi connectivity index (χ4v) is 2.73. The molecule has 3 heterocycles. The van der Waals surface area contributed by atoms with Crippen LogP contribution in [0.5, 0.6) is 11.5 Å². The second kappa shape index (κ2) is 5.75. The Kier molecular flexibility index (Phi) is 3.45. The van der Waals surface area contributed by atoms with E-state index in [9.17, 15) is 4.79 Å². The zero-order valence-corrected chi connectivity index (χ0v) is 12.5. The van der Waals surface area contributed by atoms with Gasteiger partial charge in [0.15, 0.2) is 23.1 Å². The van der Waals surface area contributed by atoms with Gasteiger partial charge in [-0.3, -0.25) is 4.79 Å². The van der Waals surface area contributed by atoms with Gasteiger partial charge < -0.3 is 19.7 Å². The van der Waals surface area contributed by atoms with Crippen LogP contribution in [0.4, 0.5) is 11.6 Å². The van der Waals surface area contributed by atoms with Crippen LogP contribution in [0.3, 0.4) is 0 Å². The first-order valence-electron chi connectivity index (χ1n) is 7.59. The normalized spacial score (nSPS) is 15.7. The van der Waals surface area contributed by atoms with E-state index in [0.29, 0.717) is 22.9 Å². The fraction of sp³-hybridized carbons (Fsp3) is 0.312. The number of rotatable bonds is 3. The van der Waals surface area contributed by atoms with Gasteiger partial charge in [0.05, 0.1) is 0 Å².